The molecule has 1 aliphatic heterocycles. The van der Waals surface area contributed by atoms with Crippen LogP contribution in [0.4, 0.5) is 5.69 Å². The average molecular weight is 240 g/mol. The molecule has 2 heterocycles. The number of ether oxygens (including phenoxy) is 1. The fraction of sp³-hybridized carbons (Fsp3) is 0.556. The zero-order valence-corrected chi connectivity index (χ0v) is 9.01. The van der Waals surface area contributed by atoms with Crippen molar-refractivity contribution >= 4 is 11.6 Å². The molecule has 2 rings (SSSR count). The van der Waals surface area contributed by atoms with E-state index in [1.165, 1.54) is 0 Å². The molecule has 1 fully saturated rings. The van der Waals surface area contributed by atoms with Crippen molar-refractivity contribution in [1.29, 1.82) is 0 Å². The first-order valence-electron chi connectivity index (χ1n) is 5.26. The predicted molar refractivity (Wildman–Crippen MR) is 56.5 cm³/mol. The highest BCUT2D eigenvalue weighted by molar-refractivity contribution is 5.95. The van der Waals surface area contributed by atoms with Gasteiger partial charge in [0.1, 0.15) is 6.20 Å². The fourth-order valence-corrected chi connectivity index (χ4v) is 1.69. The molecular formula is C9H12N4O4. The molecule has 1 atom stereocenters. The third kappa shape index (κ3) is 2.59. The number of aromatic nitrogens is 2. The third-order valence-electron chi connectivity index (χ3n) is 2.56. The lowest BCUT2D eigenvalue weighted by Crippen LogP contribution is -2.32. The number of aromatic amines is 1. The minimum Gasteiger partial charge on any atom is -0.376 e. The van der Waals surface area contributed by atoms with Crippen LogP contribution < -0.4 is 5.32 Å². The first kappa shape index (κ1) is 11.5. The van der Waals surface area contributed by atoms with Gasteiger partial charge in [-0.3, -0.25) is 20.0 Å². The van der Waals surface area contributed by atoms with Gasteiger partial charge in [0.15, 0.2) is 0 Å². The molecule has 1 aromatic heterocycles. The Morgan fingerprint density at radius 3 is 3.24 bits per heavy atom. The van der Waals surface area contributed by atoms with Crippen LogP contribution in [0.5, 0.6) is 0 Å². The van der Waals surface area contributed by atoms with Gasteiger partial charge >= 0.3 is 5.69 Å². The van der Waals surface area contributed by atoms with Gasteiger partial charge in [0.25, 0.3) is 5.91 Å². The van der Waals surface area contributed by atoms with Crippen LogP contribution in [0.2, 0.25) is 0 Å². The summed E-state index contributed by atoms with van der Waals surface area (Å²) in [5, 5.41) is 19.0. The van der Waals surface area contributed by atoms with Gasteiger partial charge in [-0.25, -0.2) is 0 Å². The van der Waals surface area contributed by atoms with Gasteiger partial charge in [0, 0.05) is 13.2 Å². The van der Waals surface area contributed by atoms with Crippen molar-refractivity contribution in [3.8, 4) is 0 Å². The number of amides is 1. The molecule has 0 aromatic carbocycles. The van der Waals surface area contributed by atoms with E-state index in [4.69, 9.17) is 4.74 Å². The van der Waals surface area contributed by atoms with Crippen LogP contribution in [0.25, 0.3) is 0 Å². The first-order chi connectivity index (χ1) is 8.18. The number of hydrogen-bond acceptors (Lipinski definition) is 5. The van der Waals surface area contributed by atoms with Gasteiger partial charge in [-0.15, -0.1) is 0 Å². The Labute approximate surface area is 96.5 Å². The van der Waals surface area contributed by atoms with E-state index in [9.17, 15) is 14.9 Å². The van der Waals surface area contributed by atoms with Crippen molar-refractivity contribution in [2.45, 2.75) is 18.9 Å². The molecule has 1 aliphatic rings. The van der Waals surface area contributed by atoms with Gasteiger partial charge in [-0.05, 0) is 12.8 Å². The quantitative estimate of drug-likeness (QED) is 0.578. The summed E-state index contributed by atoms with van der Waals surface area (Å²) >= 11 is 0. The van der Waals surface area contributed by atoms with Crippen LogP contribution in [-0.2, 0) is 4.74 Å². The number of nitrogens with one attached hydrogen (secondary N) is 2. The smallest absolute Gasteiger partial charge is 0.319 e. The van der Waals surface area contributed by atoms with Crippen LogP contribution in [-0.4, -0.2) is 40.3 Å². The molecule has 1 unspecified atom stereocenters. The number of rotatable bonds is 4. The van der Waals surface area contributed by atoms with E-state index in [-0.39, 0.29) is 17.5 Å². The van der Waals surface area contributed by atoms with Crippen LogP contribution in [0.3, 0.4) is 0 Å². The zero-order valence-electron chi connectivity index (χ0n) is 9.01. The van der Waals surface area contributed by atoms with Crippen molar-refractivity contribution < 1.29 is 14.5 Å². The molecule has 92 valence electrons. The lowest BCUT2D eigenvalue weighted by molar-refractivity contribution is -0.385. The topological polar surface area (TPSA) is 110 Å². The molecule has 1 saturated heterocycles. The summed E-state index contributed by atoms with van der Waals surface area (Å²) < 4.78 is 5.32. The maximum atomic E-state index is 11.6. The lowest BCUT2D eigenvalue weighted by Gasteiger charge is -2.09. The van der Waals surface area contributed by atoms with Crippen molar-refractivity contribution in [2.75, 3.05) is 13.2 Å². The molecule has 2 N–H and O–H groups in total. The molecular weight excluding hydrogens is 228 g/mol. The highest BCUT2D eigenvalue weighted by Gasteiger charge is 2.24. The lowest BCUT2D eigenvalue weighted by atomic mass is 10.2. The van der Waals surface area contributed by atoms with Crippen LogP contribution in [0, 0.1) is 10.1 Å². The summed E-state index contributed by atoms with van der Waals surface area (Å²) in [6, 6.07) is 0. The van der Waals surface area contributed by atoms with E-state index in [2.05, 4.69) is 15.5 Å². The summed E-state index contributed by atoms with van der Waals surface area (Å²) in [6.07, 6.45) is 2.89. The average Bonchev–Trinajstić information content (AvgIpc) is 2.96. The summed E-state index contributed by atoms with van der Waals surface area (Å²) in [4.78, 5) is 21.6. The highest BCUT2D eigenvalue weighted by atomic mass is 16.6. The first-order valence-corrected chi connectivity index (χ1v) is 5.26. The molecule has 0 spiro atoms. The van der Waals surface area contributed by atoms with Crippen LogP contribution >= 0.6 is 0 Å². The van der Waals surface area contributed by atoms with E-state index >= 15 is 0 Å². The van der Waals surface area contributed by atoms with Crippen molar-refractivity contribution in [3.63, 3.8) is 0 Å². The zero-order chi connectivity index (χ0) is 12.3. The number of H-pyrrole nitrogens is 1. The maximum Gasteiger partial charge on any atom is 0.319 e. The van der Waals surface area contributed by atoms with Crippen molar-refractivity contribution in [2.24, 2.45) is 0 Å². The number of nitrogens with zero attached hydrogens (tertiary/aromatic N) is 2. The molecule has 0 bridgehead atoms. The van der Waals surface area contributed by atoms with Crippen molar-refractivity contribution in [3.05, 3.63) is 22.0 Å². The minimum atomic E-state index is -0.648. The normalized spacial score (nSPS) is 19.2. The highest BCUT2D eigenvalue weighted by Crippen LogP contribution is 2.15. The van der Waals surface area contributed by atoms with Gasteiger partial charge in [-0.1, -0.05) is 0 Å². The Morgan fingerprint density at radius 1 is 1.76 bits per heavy atom. The van der Waals surface area contributed by atoms with E-state index in [1.54, 1.807) is 0 Å². The van der Waals surface area contributed by atoms with Gasteiger partial charge in [-0.2, -0.15) is 5.10 Å². The number of hydrogen-bond donors (Lipinski definition) is 2. The summed E-state index contributed by atoms with van der Waals surface area (Å²) in [6.45, 7) is 1.06. The number of carbonyl (C=O) groups is 1. The molecule has 0 aliphatic carbocycles. The molecule has 0 saturated carbocycles. The fourth-order valence-electron chi connectivity index (χ4n) is 1.69. The molecule has 8 heteroatoms. The predicted octanol–water partition coefficient (Wildman–Crippen LogP) is 0.227. The molecule has 17 heavy (non-hydrogen) atoms. The maximum absolute atomic E-state index is 11.6. The van der Waals surface area contributed by atoms with E-state index < -0.39 is 10.8 Å². The molecule has 1 aromatic rings. The summed E-state index contributed by atoms with van der Waals surface area (Å²) in [5.41, 5.74) is -0.456. The Kier molecular flexibility index (Phi) is 3.33. The second-order valence-electron chi connectivity index (χ2n) is 3.73. The monoisotopic (exact) mass is 240 g/mol. The van der Waals surface area contributed by atoms with E-state index in [0.717, 1.165) is 19.0 Å². The Hall–Kier alpha value is -1.96. The van der Waals surface area contributed by atoms with Gasteiger partial charge < -0.3 is 10.1 Å². The largest absolute Gasteiger partial charge is 0.376 e. The second-order valence-corrected chi connectivity index (χ2v) is 3.73. The summed E-state index contributed by atoms with van der Waals surface area (Å²) in [7, 11) is 0. The van der Waals surface area contributed by atoms with E-state index in [0.29, 0.717) is 13.2 Å². The van der Waals surface area contributed by atoms with Gasteiger partial charge in [0.05, 0.1) is 11.0 Å². The SMILES string of the molecule is O=C(NCC1CCCO1)c1[nH]ncc1[N+](=O)[O-]. The minimum absolute atomic E-state index is 0.000859. The molecule has 0 radical (unpaired) electrons. The third-order valence-corrected chi connectivity index (χ3v) is 2.56. The molecule has 1 amide bonds. The van der Waals surface area contributed by atoms with Crippen LogP contribution in [0.1, 0.15) is 23.3 Å². The van der Waals surface area contributed by atoms with Crippen LogP contribution in [0.15, 0.2) is 6.20 Å². The number of nitro groups is 1. The second kappa shape index (κ2) is 4.91. The van der Waals surface area contributed by atoms with Crippen molar-refractivity contribution in [1.82, 2.24) is 15.5 Å². The van der Waals surface area contributed by atoms with E-state index in [1.807, 2.05) is 0 Å². The number of carbonyl (C=O) groups excluding carboxylic acids is 1. The summed E-state index contributed by atoms with van der Waals surface area (Å²) in [5.74, 6) is -0.537. The Morgan fingerprint density at radius 2 is 2.59 bits per heavy atom. The van der Waals surface area contributed by atoms with Gasteiger partial charge in [0.2, 0.25) is 5.69 Å². The molecule has 8 nitrogen and oxygen atoms in total. The Bertz CT molecular complexity index is 424. The Balaban J connectivity index is 1.94. The standard InChI is InChI=1S/C9H12N4O4/c14-9(10-4-6-2-1-3-17-6)8-7(13(15)16)5-11-12-8/h5-6H,1-4H2,(H,10,14)(H,11,12).